The number of hydrogen-bond donors (Lipinski definition) is 4. The molecule has 12 heteroatoms. The zero-order chi connectivity index (χ0) is 26.4. The number of nitrogens with one attached hydrogen (secondary N) is 3. The number of hydrogen-bond acceptors (Lipinski definition) is 6. The summed E-state index contributed by atoms with van der Waals surface area (Å²) >= 11 is 0. The average molecular weight is 499 g/mol. The molecule has 2 aromatic heterocycles. The number of primary amides is 1. The predicted molar refractivity (Wildman–Crippen MR) is 136 cm³/mol. The van der Waals surface area contributed by atoms with Crippen molar-refractivity contribution in [3.05, 3.63) is 35.2 Å². The Morgan fingerprint density at radius 2 is 1.92 bits per heavy atom. The number of nitrogens with zero attached hydrogens (tertiary/aromatic N) is 4. The molecule has 0 spiro atoms. The normalized spacial score (nSPS) is 11.1. The number of carbonyl (C=O) groups is 3. The van der Waals surface area contributed by atoms with E-state index < -0.39 is 5.91 Å². The molecule has 0 aliphatic heterocycles. The Labute approximate surface area is 209 Å². The van der Waals surface area contributed by atoms with E-state index in [0.29, 0.717) is 61.0 Å². The molecule has 0 aliphatic carbocycles. The highest BCUT2D eigenvalue weighted by Gasteiger charge is 2.21. The number of methoxy groups -OCH3 is 1. The molecule has 5 N–H and O–H groups in total. The minimum Gasteiger partial charge on any atom is -0.494 e. The maximum absolute atomic E-state index is 13.1. The highest BCUT2D eigenvalue weighted by atomic mass is 16.5. The highest BCUT2D eigenvalue weighted by Crippen LogP contribution is 2.31. The van der Waals surface area contributed by atoms with E-state index in [0.717, 1.165) is 5.69 Å². The number of fused-ring (bicyclic) bond motifs is 1. The third kappa shape index (κ3) is 6.12. The summed E-state index contributed by atoms with van der Waals surface area (Å²) in [5, 5.41) is 12.8. The molecule has 0 bridgehead atoms. The number of amides is 4. The largest absolute Gasteiger partial charge is 0.494 e. The fourth-order valence-electron chi connectivity index (χ4n) is 3.77. The molecule has 194 valence electrons. The number of rotatable bonds is 11. The van der Waals surface area contributed by atoms with Crippen LogP contribution in [0, 0.1) is 12.8 Å². The molecule has 1 aromatic carbocycles. The number of benzene rings is 1. The molecule has 0 radical (unpaired) electrons. The second kappa shape index (κ2) is 11.6. The maximum atomic E-state index is 13.1. The minimum atomic E-state index is -0.616. The van der Waals surface area contributed by atoms with Crippen LogP contribution in [0.5, 0.6) is 5.75 Å². The van der Waals surface area contributed by atoms with Gasteiger partial charge in [-0.2, -0.15) is 5.10 Å². The van der Waals surface area contributed by atoms with Crippen LogP contribution in [0.15, 0.2) is 18.2 Å². The smallest absolute Gasteiger partial charge is 0.314 e. The van der Waals surface area contributed by atoms with Crippen LogP contribution in [-0.4, -0.2) is 57.4 Å². The number of carbonyl (C=O) groups excluding carboxylic acids is 3. The van der Waals surface area contributed by atoms with Crippen molar-refractivity contribution in [1.29, 1.82) is 0 Å². The molecule has 0 aliphatic rings. The Bertz CT molecular complexity index is 1260. The van der Waals surface area contributed by atoms with Crippen molar-refractivity contribution in [2.75, 3.05) is 25.5 Å². The van der Waals surface area contributed by atoms with Crippen LogP contribution in [0.4, 0.5) is 10.7 Å². The van der Waals surface area contributed by atoms with Gasteiger partial charge in [0.15, 0.2) is 0 Å². The molecule has 0 saturated carbocycles. The van der Waals surface area contributed by atoms with Gasteiger partial charge in [0.1, 0.15) is 17.0 Å². The van der Waals surface area contributed by atoms with E-state index in [9.17, 15) is 14.4 Å². The number of aromatic nitrogens is 4. The van der Waals surface area contributed by atoms with Gasteiger partial charge in [-0.05, 0) is 44.4 Å². The van der Waals surface area contributed by atoms with Crippen molar-refractivity contribution < 1.29 is 19.1 Å². The Hall–Kier alpha value is -4.09. The number of nitrogens with two attached hydrogens (primary N) is 1. The van der Waals surface area contributed by atoms with Crippen LogP contribution >= 0.6 is 0 Å². The van der Waals surface area contributed by atoms with E-state index in [-0.39, 0.29) is 23.5 Å². The van der Waals surface area contributed by atoms with Crippen molar-refractivity contribution >= 4 is 34.8 Å². The molecular weight excluding hydrogens is 464 g/mol. The summed E-state index contributed by atoms with van der Waals surface area (Å²) in [5.74, 6) is 0.0420. The van der Waals surface area contributed by atoms with Gasteiger partial charge in [0, 0.05) is 31.7 Å². The molecule has 0 atom stereocenters. The van der Waals surface area contributed by atoms with Gasteiger partial charge < -0.3 is 25.7 Å². The summed E-state index contributed by atoms with van der Waals surface area (Å²) in [6.07, 6.45) is 0.552. The number of aryl methyl sites for hydroxylation is 3. The lowest BCUT2D eigenvalue weighted by Crippen LogP contribution is -2.38. The van der Waals surface area contributed by atoms with Gasteiger partial charge in [0.05, 0.1) is 18.3 Å². The Morgan fingerprint density at radius 3 is 2.56 bits per heavy atom. The van der Waals surface area contributed by atoms with E-state index in [2.05, 4.69) is 26.0 Å². The van der Waals surface area contributed by atoms with Crippen LogP contribution in [0.1, 0.15) is 53.7 Å². The minimum absolute atomic E-state index is 0.236. The number of imidazole rings is 1. The van der Waals surface area contributed by atoms with Gasteiger partial charge in [0.25, 0.3) is 5.91 Å². The van der Waals surface area contributed by atoms with Crippen LogP contribution in [0.3, 0.4) is 0 Å². The third-order valence-electron chi connectivity index (χ3n) is 5.49. The van der Waals surface area contributed by atoms with E-state index >= 15 is 0 Å². The highest BCUT2D eigenvalue weighted by molar-refractivity contribution is 6.04. The zero-order valence-electron chi connectivity index (χ0n) is 21.3. The second-order valence-electron chi connectivity index (χ2n) is 8.82. The number of urea groups is 1. The third-order valence-corrected chi connectivity index (χ3v) is 5.49. The van der Waals surface area contributed by atoms with Gasteiger partial charge in [-0.3, -0.25) is 19.6 Å². The molecule has 2 heterocycles. The van der Waals surface area contributed by atoms with E-state index in [4.69, 9.17) is 10.5 Å². The quantitative estimate of drug-likeness (QED) is 0.297. The van der Waals surface area contributed by atoms with Crippen LogP contribution in [-0.2, 0) is 13.1 Å². The van der Waals surface area contributed by atoms with Crippen molar-refractivity contribution in [1.82, 2.24) is 30.0 Å². The van der Waals surface area contributed by atoms with Crippen molar-refractivity contribution in [3.8, 4) is 5.75 Å². The molecule has 36 heavy (non-hydrogen) atoms. The molecule has 12 nitrogen and oxygen atoms in total. The predicted octanol–water partition coefficient (Wildman–Crippen LogP) is 2.27. The summed E-state index contributed by atoms with van der Waals surface area (Å²) in [7, 11) is 1.48. The first-order chi connectivity index (χ1) is 17.1. The average Bonchev–Trinajstić information content (AvgIpc) is 3.39. The van der Waals surface area contributed by atoms with Gasteiger partial charge >= 0.3 is 6.03 Å². The Balaban J connectivity index is 1.90. The fourth-order valence-corrected chi connectivity index (χ4v) is 3.77. The Morgan fingerprint density at radius 1 is 1.17 bits per heavy atom. The lowest BCUT2D eigenvalue weighted by molar-refractivity contribution is 0.0995. The van der Waals surface area contributed by atoms with Crippen LogP contribution in [0.2, 0.25) is 0 Å². The van der Waals surface area contributed by atoms with Crippen molar-refractivity contribution in [3.63, 3.8) is 0 Å². The van der Waals surface area contributed by atoms with E-state index in [1.165, 1.54) is 7.11 Å². The molecule has 3 aromatic rings. The van der Waals surface area contributed by atoms with E-state index in [1.54, 1.807) is 27.4 Å². The monoisotopic (exact) mass is 498 g/mol. The SMILES string of the molecule is CCn1nc(C)cc1C(=O)Nc1nc2cc(C(N)=O)cc(OC)c2n1CCCNC(=O)NCC(C)C. The Kier molecular flexibility index (Phi) is 8.51. The molecule has 3 rings (SSSR count). The van der Waals surface area contributed by atoms with Crippen LogP contribution in [0.25, 0.3) is 11.0 Å². The number of ether oxygens (including phenoxy) is 1. The molecule has 0 saturated heterocycles. The summed E-state index contributed by atoms with van der Waals surface area (Å²) in [6.45, 7) is 9.69. The fraction of sp³-hybridized carbons (Fsp3) is 0.458. The lowest BCUT2D eigenvalue weighted by atomic mass is 10.1. The topological polar surface area (TPSA) is 158 Å². The molecular formula is C24H34N8O4. The maximum Gasteiger partial charge on any atom is 0.314 e. The summed E-state index contributed by atoms with van der Waals surface area (Å²) in [6, 6.07) is 4.57. The molecule has 4 amide bonds. The molecule has 0 fully saturated rings. The van der Waals surface area contributed by atoms with Crippen molar-refractivity contribution in [2.45, 2.75) is 47.2 Å². The summed E-state index contributed by atoms with van der Waals surface area (Å²) in [4.78, 5) is 41.5. The first kappa shape index (κ1) is 26.5. The molecule has 0 unspecified atom stereocenters. The van der Waals surface area contributed by atoms with E-state index in [1.807, 2.05) is 27.7 Å². The van der Waals surface area contributed by atoms with Crippen LogP contribution < -0.4 is 26.4 Å². The van der Waals surface area contributed by atoms with Gasteiger partial charge in [-0.15, -0.1) is 0 Å². The summed E-state index contributed by atoms with van der Waals surface area (Å²) < 4.78 is 8.94. The first-order valence-electron chi connectivity index (χ1n) is 11.9. The van der Waals surface area contributed by atoms with Gasteiger partial charge in [-0.25, -0.2) is 9.78 Å². The standard InChI is InChI=1S/C24H34N8O4/c1-6-32-18(10-15(4)30-32)22(34)29-23-28-17-11-16(21(25)33)12-19(36-5)20(17)31(23)9-7-8-26-24(35)27-13-14(2)3/h10-12,14H,6-9,13H2,1-5H3,(H2,25,33)(H2,26,27,35)(H,28,29,34). The number of anilines is 1. The van der Waals surface area contributed by atoms with Gasteiger partial charge in [0.2, 0.25) is 11.9 Å². The second-order valence-corrected chi connectivity index (χ2v) is 8.82. The van der Waals surface area contributed by atoms with Gasteiger partial charge in [-0.1, -0.05) is 13.8 Å². The zero-order valence-corrected chi connectivity index (χ0v) is 21.3. The summed E-state index contributed by atoms with van der Waals surface area (Å²) in [5.41, 5.74) is 7.90. The van der Waals surface area contributed by atoms with Crippen molar-refractivity contribution in [2.24, 2.45) is 11.7 Å². The lowest BCUT2D eigenvalue weighted by Gasteiger charge is -2.13. The first-order valence-corrected chi connectivity index (χ1v) is 11.9.